The molecule has 1 fully saturated rings. The normalized spacial score (nSPS) is 21.7. The third kappa shape index (κ3) is 3.76. The fourth-order valence-corrected chi connectivity index (χ4v) is 3.96. The van der Waals surface area contributed by atoms with Crippen molar-refractivity contribution < 1.29 is 0 Å². The van der Waals surface area contributed by atoms with E-state index in [-0.39, 0.29) is 0 Å². The summed E-state index contributed by atoms with van der Waals surface area (Å²) in [5, 5.41) is 1.15. The average Bonchev–Trinajstić information content (AvgIpc) is 2.64. The predicted octanol–water partition coefficient (Wildman–Crippen LogP) is 4.84. The number of rotatable bonds is 3. The average molecular weight is 341 g/mol. The van der Waals surface area contributed by atoms with E-state index < -0.39 is 0 Å². The lowest BCUT2D eigenvalue weighted by Crippen LogP contribution is -2.30. The minimum atomic E-state index is 0.625. The van der Waals surface area contributed by atoms with Gasteiger partial charge in [-0.2, -0.15) is 0 Å². The highest BCUT2D eigenvalue weighted by atomic mass is 79.9. The highest BCUT2D eigenvalue weighted by Gasteiger charge is 2.27. The van der Waals surface area contributed by atoms with Crippen LogP contribution in [-0.2, 0) is 0 Å². The molecule has 1 heterocycles. The van der Waals surface area contributed by atoms with Crippen molar-refractivity contribution in [3.05, 3.63) is 28.2 Å². The third-order valence-electron chi connectivity index (χ3n) is 3.37. The van der Waals surface area contributed by atoms with Crippen molar-refractivity contribution in [3.8, 4) is 0 Å². The molecule has 1 unspecified atom stereocenters. The highest BCUT2D eigenvalue weighted by molar-refractivity contribution is 9.10. The molecule has 104 valence electrons. The Labute approximate surface area is 128 Å². The Bertz CT molecular complexity index is 485. The minimum absolute atomic E-state index is 0.625. The molecule has 0 aliphatic carbocycles. The second-order valence-electron chi connectivity index (χ2n) is 5.53. The zero-order valence-electron chi connectivity index (χ0n) is 12.0. The second kappa shape index (κ2) is 6.31. The molecular formula is C15H21BrN2S. The zero-order chi connectivity index (χ0) is 14.0. The Hall–Kier alpha value is -0.480. The molecule has 1 aliphatic heterocycles. The Morgan fingerprint density at radius 2 is 2.21 bits per heavy atom. The van der Waals surface area contributed by atoms with Gasteiger partial charge in [-0.3, -0.25) is 0 Å². The molecule has 1 aliphatic rings. The Balaban J connectivity index is 2.16. The van der Waals surface area contributed by atoms with Gasteiger partial charge in [0.05, 0.1) is 5.69 Å². The van der Waals surface area contributed by atoms with E-state index in [1.54, 1.807) is 0 Å². The van der Waals surface area contributed by atoms with E-state index in [1.807, 2.05) is 11.8 Å². The number of benzene rings is 1. The minimum Gasteiger partial charge on any atom is -0.350 e. The summed E-state index contributed by atoms with van der Waals surface area (Å²) in [4.78, 5) is 7.16. The first-order chi connectivity index (χ1) is 8.97. The second-order valence-corrected chi connectivity index (χ2v) is 7.43. The number of hydrogen-bond donors (Lipinski definition) is 0. The van der Waals surface area contributed by atoms with E-state index in [0.29, 0.717) is 6.04 Å². The summed E-state index contributed by atoms with van der Waals surface area (Å²) < 4.78 is 1.11. The molecular weight excluding hydrogens is 320 g/mol. The maximum absolute atomic E-state index is 4.82. The molecule has 2 rings (SSSR count). The number of aryl methyl sites for hydroxylation is 1. The molecule has 2 nitrogen and oxygen atoms in total. The van der Waals surface area contributed by atoms with E-state index in [1.165, 1.54) is 12.0 Å². The molecule has 0 bridgehead atoms. The van der Waals surface area contributed by atoms with Crippen LogP contribution < -0.4 is 0 Å². The van der Waals surface area contributed by atoms with E-state index >= 15 is 0 Å². The van der Waals surface area contributed by atoms with Gasteiger partial charge in [0.2, 0.25) is 0 Å². The van der Waals surface area contributed by atoms with Crippen molar-refractivity contribution in [2.45, 2.75) is 33.2 Å². The molecule has 0 radical (unpaired) electrons. The molecule has 0 saturated carbocycles. The van der Waals surface area contributed by atoms with E-state index in [4.69, 9.17) is 4.99 Å². The molecule has 1 aromatic carbocycles. The van der Waals surface area contributed by atoms with Crippen LogP contribution in [0.3, 0.4) is 0 Å². The quantitative estimate of drug-likeness (QED) is 0.782. The maximum atomic E-state index is 4.82. The van der Waals surface area contributed by atoms with E-state index in [0.717, 1.165) is 27.0 Å². The number of nitrogens with zero attached hydrogens (tertiary/aromatic N) is 2. The van der Waals surface area contributed by atoms with Gasteiger partial charge in [-0.05, 0) is 43.0 Å². The van der Waals surface area contributed by atoms with E-state index in [9.17, 15) is 0 Å². The number of thioether (sulfide) groups is 1. The molecule has 1 aromatic rings. The molecule has 1 saturated heterocycles. The lowest BCUT2D eigenvalue weighted by atomic mass is 10.0. The van der Waals surface area contributed by atoms with Crippen LogP contribution in [-0.4, -0.2) is 28.9 Å². The number of aliphatic imine (C=N–C) groups is 1. The van der Waals surface area contributed by atoms with Gasteiger partial charge in [0, 0.05) is 23.3 Å². The van der Waals surface area contributed by atoms with Gasteiger partial charge in [0.15, 0.2) is 5.17 Å². The fourth-order valence-electron chi connectivity index (χ4n) is 2.27. The lowest BCUT2D eigenvalue weighted by Gasteiger charge is -2.22. The van der Waals surface area contributed by atoms with Crippen LogP contribution in [0.15, 0.2) is 27.7 Å². The van der Waals surface area contributed by atoms with Gasteiger partial charge in [-0.1, -0.05) is 41.5 Å². The summed E-state index contributed by atoms with van der Waals surface area (Å²) in [6, 6.07) is 6.87. The van der Waals surface area contributed by atoms with E-state index in [2.05, 4.69) is 66.8 Å². The highest BCUT2D eigenvalue weighted by Crippen LogP contribution is 2.30. The molecule has 0 N–H and O–H groups in total. The third-order valence-corrected chi connectivity index (χ3v) is 5.05. The summed E-state index contributed by atoms with van der Waals surface area (Å²) >= 11 is 5.37. The number of hydrogen-bond acceptors (Lipinski definition) is 2. The maximum Gasteiger partial charge on any atom is 0.164 e. The molecule has 1 atom stereocenters. The molecule has 0 amide bonds. The van der Waals surface area contributed by atoms with Gasteiger partial charge >= 0.3 is 0 Å². The van der Waals surface area contributed by atoms with Crippen LogP contribution in [0, 0.1) is 12.8 Å². The Morgan fingerprint density at radius 1 is 1.47 bits per heavy atom. The van der Waals surface area contributed by atoms with Gasteiger partial charge in [0.25, 0.3) is 0 Å². The first-order valence-corrected chi connectivity index (χ1v) is 8.45. The monoisotopic (exact) mass is 340 g/mol. The summed E-state index contributed by atoms with van der Waals surface area (Å²) in [5.74, 6) is 1.89. The van der Waals surface area contributed by atoms with Crippen molar-refractivity contribution >= 4 is 38.5 Å². The molecule has 0 spiro atoms. The first-order valence-electron chi connectivity index (χ1n) is 6.68. The van der Waals surface area contributed by atoms with Crippen LogP contribution in [0.1, 0.15) is 25.8 Å². The topological polar surface area (TPSA) is 15.6 Å². The summed E-state index contributed by atoms with van der Waals surface area (Å²) in [6.45, 7) is 6.67. The summed E-state index contributed by atoms with van der Waals surface area (Å²) in [7, 11) is 2.17. The lowest BCUT2D eigenvalue weighted by molar-refractivity contribution is 0.351. The van der Waals surface area contributed by atoms with Crippen molar-refractivity contribution in [1.29, 1.82) is 0 Å². The van der Waals surface area contributed by atoms with Gasteiger partial charge in [0.1, 0.15) is 0 Å². The predicted molar refractivity (Wildman–Crippen MR) is 89.4 cm³/mol. The SMILES string of the molecule is Cc1cc(Br)ccc1N=C1SCC(CC(C)C)N1C. The standard InChI is InChI=1S/C15H21BrN2S/c1-10(2)7-13-9-19-15(18(13)4)17-14-6-5-12(16)8-11(14)3/h5-6,8,10,13H,7,9H2,1-4H3. The fraction of sp³-hybridized carbons (Fsp3) is 0.533. The largest absolute Gasteiger partial charge is 0.350 e. The number of amidine groups is 1. The van der Waals surface area contributed by atoms with Crippen LogP contribution in [0.4, 0.5) is 5.69 Å². The van der Waals surface area contributed by atoms with Crippen LogP contribution in [0.5, 0.6) is 0 Å². The van der Waals surface area contributed by atoms with Crippen LogP contribution in [0.2, 0.25) is 0 Å². The molecule has 4 heteroatoms. The smallest absolute Gasteiger partial charge is 0.164 e. The van der Waals surface area contributed by atoms with Crippen molar-refractivity contribution in [3.63, 3.8) is 0 Å². The van der Waals surface area contributed by atoms with Crippen molar-refractivity contribution in [2.75, 3.05) is 12.8 Å². The molecule has 19 heavy (non-hydrogen) atoms. The Morgan fingerprint density at radius 3 is 2.84 bits per heavy atom. The van der Waals surface area contributed by atoms with Crippen molar-refractivity contribution in [1.82, 2.24) is 4.90 Å². The van der Waals surface area contributed by atoms with Crippen LogP contribution in [0.25, 0.3) is 0 Å². The van der Waals surface area contributed by atoms with Gasteiger partial charge in [-0.15, -0.1) is 0 Å². The molecule has 0 aromatic heterocycles. The van der Waals surface area contributed by atoms with Crippen LogP contribution >= 0.6 is 27.7 Å². The zero-order valence-corrected chi connectivity index (χ0v) is 14.4. The number of halogens is 1. The summed E-state index contributed by atoms with van der Waals surface area (Å²) in [6.07, 6.45) is 1.24. The Kier molecular flexibility index (Phi) is 4.96. The van der Waals surface area contributed by atoms with Gasteiger partial charge < -0.3 is 4.90 Å². The van der Waals surface area contributed by atoms with Gasteiger partial charge in [-0.25, -0.2) is 4.99 Å². The van der Waals surface area contributed by atoms with Crippen molar-refractivity contribution in [2.24, 2.45) is 10.9 Å². The summed E-state index contributed by atoms with van der Waals surface area (Å²) in [5.41, 5.74) is 2.28. The first kappa shape index (κ1) is 14.9.